The number of aromatic nitrogens is 3. The predicted octanol–water partition coefficient (Wildman–Crippen LogP) is 1.65. The highest BCUT2D eigenvalue weighted by Crippen LogP contribution is 2.21. The van der Waals surface area contributed by atoms with Crippen molar-refractivity contribution in [3.63, 3.8) is 0 Å². The number of unbranched alkanes of at least 4 members (excludes halogenated alkanes) is 1. The Hall–Kier alpha value is -2.12. The molecule has 1 aromatic rings. The second-order valence-corrected chi connectivity index (χ2v) is 5.45. The van der Waals surface area contributed by atoms with Gasteiger partial charge in [0.1, 0.15) is 0 Å². The third-order valence-electron chi connectivity index (χ3n) is 3.58. The summed E-state index contributed by atoms with van der Waals surface area (Å²) < 4.78 is 1.39. The van der Waals surface area contributed by atoms with Crippen LogP contribution < -0.4 is 11.1 Å². The number of primary amides is 1. The van der Waals surface area contributed by atoms with E-state index in [0.717, 1.165) is 25.0 Å². The predicted molar refractivity (Wildman–Crippen MR) is 81.5 cm³/mol. The molecule has 0 aliphatic rings. The topological polar surface area (TPSA) is 123 Å². The van der Waals surface area contributed by atoms with E-state index >= 15 is 0 Å². The van der Waals surface area contributed by atoms with Crippen molar-refractivity contribution in [2.45, 2.75) is 57.9 Å². The van der Waals surface area contributed by atoms with Crippen LogP contribution in [0.5, 0.6) is 0 Å². The van der Waals surface area contributed by atoms with E-state index in [-0.39, 0.29) is 5.92 Å². The quantitative estimate of drug-likeness (QED) is 0.567. The van der Waals surface area contributed by atoms with Crippen LogP contribution in [-0.2, 0) is 4.79 Å². The fourth-order valence-corrected chi connectivity index (χ4v) is 2.20. The summed E-state index contributed by atoms with van der Waals surface area (Å²) in [5.41, 5.74) is 5.78. The van der Waals surface area contributed by atoms with Gasteiger partial charge in [-0.3, -0.25) is 0 Å². The Balaban J connectivity index is 2.62. The van der Waals surface area contributed by atoms with Crippen molar-refractivity contribution >= 4 is 12.0 Å². The van der Waals surface area contributed by atoms with Crippen molar-refractivity contribution in [3.8, 4) is 0 Å². The number of nitrogens with zero attached hydrogens (tertiary/aromatic N) is 3. The van der Waals surface area contributed by atoms with Gasteiger partial charge in [-0.1, -0.05) is 31.9 Å². The molecule has 1 aromatic heterocycles. The van der Waals surface area contributed by atoms with Gasteiger partial charge in [0, 0.05) is 18.7 Å². The van der Waals surface area contributed by atoms with Gasteiger partial charge in [0.05, 0.1) is 5.69 Å². The molecule has 0 aliphatic heterocycles. The maximum absolute atomic E-state index is 11.4. The van der Waals surface area contributed by atoms with Gasteiger partial charge in [-0.15, -0.1) is 5.10 Å². The molecule has 2 unspecified atom stereocenters. The molecular formula is C14H25N5O3. The number of aliphatic carboxylic acids is 1. The van der Waals surface area contributed by atoms with Crippen molar-refractivity contribution in [1.82, 2.24) is 20.3 Å². The number of amides is 2. The van der Waals surface area contributed by atoms with E-state index in [0.29, 0.717) is 19.4 Å². The summed E-state index contributed by atoms with van der Waals surface area (Å²) in [6.45, 7) is 4.54. The number of hydrogen-bond donors (Lipinski definition) is 3. The van der Waals surface area contributed by atoms with Crippen LogP contribution in [0.25, 0.3) is 0 Å². The fraction of sp³-hybridized carbons (Fsp3) is 0.714. The first-order valence-electron chi connectivity index (χ1n) is 7.63. The van der Waals surface area contributed by atoms with Crippen LogP contribution in [0, 0.1) is 0 Å². The number of carboxylic acid groups (broad SMARTS) is 1. The van der Waals surface area contributed by atoms with Gasteiger partial charge in [-0.2, -0.15) is 0 Å². The molecule has 22 heavy (non-hydrogen) atoms. The first kappa shape index (κ1) is 17.9. The zero-order chi connectivity index (χ0) is 16.5. The van der Waals surface area contributed by atoms with E-state index in [2.05, 4.69) is 29.5 Å². The van der Waals surface area contributed by atoms with Crippen molar-refractivity contribution in [1.29, 1.82) is 0 Å². The molecule has 0 aromatic carbocycles. The second-order valence-electron chi connectivity index (χ2n) is 5.45. The fourth-order valence-electron chi connectivity index (χ4n) is 2.20. The first-order valence-corrected chi connectivity index (χ1v) is 7.63. The summed E-state index contributed by atoms with van der Waals surface area (Å²) in [7, 11) is 0. The van der Waals surface area contributed by atoms with Gasteiger partial charge < -0.3 is 16.2 Å². The normalized spacial score (nSPS) is 13.5. The van der Waals surface area contributed by atoms with E-state index in [1.807, 2.05) is 0 Å². The van der Waals surface area contributed by atoms with E-state index < -0.39 is 18.0 Å². The van der Waals surface area contributed by atoms with Crippen LogP contribution in [0.3, 0.4) is 0 Å². The van der Waals surface area contributed by atoms with Crippen LogP contribution in [0.15, 0.2) is 6.20 Å². The van der Waals surface area contributed by atoms with Crippen molar-refractivity contribution < 1.29 is 14.7 Å². The van der Waals surface area contributed by atoms with E-state index in [4.69, 9.17) is 5.73 Å². The highest BCUT2D eigenvalue weighted by atomic mass is 16.4. The second kappa shape index (κ2) is 9.01. The molecule has 0 fully saturated rings. The maximum atomic E-state index is 11.4. The zero-order valence-electron chi connectivity index (χ0n) is 13.2. The number of carboxylic acids is 1. The number of rotatable bonds is 10. The number of carbonyl (C=O) groups is 2. The molecule has 8 heteroatoms. The van der Waals surface area contributed by atoms with Gasteiger partial charge >= 0.3 is 12.0 Å². The van der Waals surface area contributed by atoms with E-state index in [9.17, 15) is 14.7 Å². The Bertz CT molecular complexity index is 489. The van der Waals surface area contributed by atoms with Crippen LogP contribution in [0.2, 0.25) is 0 Å². The molecule has 0 saturated carbocycles. The molecular weight excluding hydrogens is 286 g/mol. The molecule has 0 spiro atoms. The molecule has 124 valence electrons. The summed E-state index contributed by atoms with van der Waals surface area (Å²) >= 11 is 0. The summed E-state index contributed by atoms with van der Waals surface area (Å²) in [5.74, 6) is -0.698. The molecule has 0 saturated heterocycles. The first-order chi connectivity index (χ1) is 10.5. The van der Waals surface area contributed by atoms with E-state index in [1.165, 1.54) is 4.68 Å². The number of nitrogens with one attached hydrogen (secondary N) is 1. The van der Waals surface area contributed by atoms with Gasteiger partial charge in [0.15, 0.2) is 6.04 Å². The maximum Gasteiger partial charge on any atom is 0.328 e. The van der Waals surface area contributed by atoms with Gasteiger partial charge in [-0.05, 0) is 19.3 Å². The Morgan fingerprint density at radius 1 is 1.41 bits per heavy atom. The third kappa shape index (κ3) is 5.71. The van der Waals surface area contributed by atoms with Gasteiger partial charge in [0.2, 0.25) is 0 Å². The Kier molecular flexibility index (Phi) is 7.34. The monoisotopic (exact) mass is 311 g/mol. The van der Waals surface area contributed by atoms with Gasteiger partial charge in [0.25, 0.3) is 0 Å². The standard InChI is InChI=1S/C14H25N5O3/c1-3-4-6-10(2)11-9-19(18-17-11)12(13(20)21)7-5-8-16-14(15)22/h9-10,12H,3-8H2,1-2H3,(H,20,21)(H3,15,16,22). The summed E-state index contributed by atoms with van der Waals surface area (Å²) in [4.78, 5) is 22.0. The van der Waals surface area contributed by atoms with Crippen LogP contribution in [0.1, 0.15) is 63.6 Å². The summed E-state index contributed by atoms with van der Waals surface area (Å²) in [6, 6.07) is -1.39. The Morgan fingerprint density at radius 3 is 2.73 bits per heavy atom. The average molecular weight is 311 g/mol. The smallest absolute Gasteiger partial charge is 0.328 e. The molecule has 4 N–H and O–H groups in total. The van der Waals surface area contributed by atoms with Crippen LogP contribution in [-0.4, -0.2) is 38.6 Å². The van der Waals surface area contributed by atoms with Gasteiger partial charge in [-0.25, -0.2) is 14.3 Å². The zero-order valence-corrected chi connectivity index (χ0v) is 13.2. The average Bonchev–Trinajstić information content (AvgIpc) is 2.93. The van der Waals surface area contributed by atoms with Crippen molar-refractivity contribution in [2.24, 2.45) is 5.73 Å². The minimum atomic E-state index is -0.961. The number of carbonyl (C=O) groups excluding carboxylic acids is 1. The number of nitrogens with two attached hydrogens (primary N) is 1. The summed E-state index contributed by atoms with van der Waals surface area (Å²) in [5, 5.41) is 19.8. The largest absolute Gasteiger partial charge is 0.480 e. The lowest BCUT2D eigenvalue weighted by atomic mass is 10.0. The lowest BCUT2D eigenvalue weighted by molar-refractivity contribution is -0.141. The minimum Gasteiger partial charge on any atom is -0.480 e. The van der Waals surface area contributed by atoms with Crippen molar-refractivity contribution in [2.75, 3.05) is 6.54 Å². The Morgan fingerprint density at radius 2 is 2.14 bits per heavy atom. The van der Waals surface area contributed by atoms with E-state index in [1.54, 1.807) is 6.20 Å². The molecule has 1 rings (SSSR count). The SMILES string of the molecule is CCCCC(C)c1cn(C(CCCNC(N)=O)C(=O)O)nn1. The number of hydrogen-bond acceptors (Lipinski definition) is 4. The number of urea groups is 1. The molecule has 0 radical (unpaired) electrons. The van der Waals surface area contributed by atoms with Crippen LogP contribution >= 0.6 is 0 Å². The summed E-state index contributed by atoms with van der Waals surface area (Å²) in [6.07, 6.45) is 5.79. The lowest BCUT2D eigenvalue weighted by Crippen LogP contribution is -2.30. The molecule has 8 nitrogen and oxygen atoms in total. The molecule has 2 amide bonds. The molecule has 0 aliphatic carbocycles. The molecule has 2 atom stereocenters. The van der Waals surface area contributed by atoms with Crippen molar-refractivity contribution in [3.05, 3.63) is 11.9 Å². The highest BCUT2D eigenvalue weighted by molar-refractivity contribution is 5.72. The highest BCUT2D eigenvalue weighted by Gasteiger charge is 2.22. The molecule has 1 heterocycles. The third-order valence-corrected chi connectivity index (χ3v) is 3.58. The molecule has 0 bridgehead atoms. The Labute approximate surface area is 130 Å². The minimum absolute atomic E-state index is 0.264. The van der Waals surface area contributed by atoms with Crippen LogP contribution in [0.4, 0.5) is 4.79 Å². The lowest BCUT2D eigenvalue weighted by Gasteiger charge is -2.12.